The van der Waals surface area contributed by atoms with Gasteiger partial charge in [0.25, 0.3) is 5.91 Å². The minimum Gasteiger partial charge on any atom is -0.454 e. The van der Waals surface area contributed by atoms with Crippen molar-refractivity contribution in [1.29, 1.82) is 0 Å². The third-order valence-electron chi connectivity index (χ3n) is 6.07. The number of amides is 1. The molecule has 6 rings (SSSR count). The standard InChI is InChI=1S/C25H19N3O3/c29-23(28-13-12-27-21-9-5-4-8-20(21)26-25(27)28)17-10-11-19-18(14-17)15-22(31-24(19)30)16-6-2-1-3-7-16/h1-11,14,22H,12-13,15H2/t22-/m0/s1. The van der Waals surface area contributed by atoms with Gasteiger partial charge in [0.15, 0.2) is 0 Å². The SMILES string of the molecule is O=C1O[C@H](c2ccccc2)Cc2cc(C(=O)N3CCn4c3nc3ccccc34)ccc21. The smallest absolute Gasteiger partial charge is 0.339 e. The first kappa shape index (κ1) is 17.9. The summed E-state index contributed by atoms with van der Waals surface area (Å²) in [5.74, 6) is 0.217. The number of imidazole rings is 1. The molecule has 1 amide bonds. The van der Waals surface area contributed by atoms with Crippen LogP contribution in [0.5, 0.6) is 0 Å². The molecule has 1 atom stereocenters. The molecule has 6 nitrogen and oxygen atoms in total. The number of anilines is 1. The van der Waals surface area contributed by atoms with Gasteiger partial charge < -0.3 is 9.30 Å². The first-order valence-electron chi connectivity index (χ1n) is 10.3. The lowest BCUT2D eigenvalue weighted by atomic mass is 9.93. The third kappa shape index (κ3) is 2.83. The second kappa shape index (κ2) is 6.80. The summed E-state index contributed by atoms with van der Waals surface area (Å²) in [5.41, 5.74) is 4.79. The predicted octanol–water partition coefficient (Wildman–Crippen LogP) is 4.15. The number of ether oxygens (including phenoxy) is 1. The molecule has 0 bridgehead atoms. The van der Waals surface area contributed by atoms with Crippen LogP contribution in [0.2, 0.25) is 0 Å². The topological polar surface area (TPSA) is 64.4 Å². The molecule has 0 aliphatic carbocycles. The number of aromatic nitrogens is 2. The number of carbonyl (C=O) groups is 2. The van der Waals surface area contributed by atoms with Crippen LogP contribution in [-0.4, -0.2) is 28.0 Å². The van der Waals surface area contributed by atoms with Crippen LogP contribution in [0.4, 0.5) is 5.95 Å². The number of fused-ring (bicyclic) bond motifs is 4. The fourth-order valence-electron chi connectivity index (χ4n) is 4.52. The normalized spacial score (nSPS) is 17.4. The number of hydrogen-bond acceptors (Lipinski definition) is 4. The summed E-state index contributed by atoms with van der Waals surface area (Å²) in [6.45, 7) is 1.30. The maximum atomic E-state index is 13.4. The number of rotatable bonds is 2. The molecule has 152 valence electrons. The highest BCUT2D eigenvalue weighted by Gasteiger charge is 2.32. The van der Waals surface area contributed by atoms with Gasteiger partial charge in [0.1, 0.15) is 6.10 Å². The van der Waals surface area contributed by atoms with Crippen molar-refractivity contribution in [2.75, 3.05) is 11.4 Å². The third-order valence-corrected chi connectivity index (χ3v) is 6.07. The lowest BCUT2D eigenvalue weighted by molar-refractivity contribution is 0.0252. The van der Waals surface area contributed by atoms with Gasteiger partial charge in [-0.1, -0.05) is 42.5 Å². The average Bonchev–Trinajstić information content (AvgIpc) is 3.38. The minimum absolute atomic E-state index is 0.105. The molecule has 0 radical (unpaired) electrons. The summed E-state index contributed by atoms with van der Waals surface area (Å²) in [5, 5.41) is 0. The van der Waals surface area contributed by atoms with Crippen molar-refractivity contribution < 1.29 is 14.3 Å². The first-order valence-corrected chi connectivity index (χ1v) is 10.3. The highest BCUT2D eigenvalue weighted by atomic mass is 16.5. The molecule has 0 N–H and O–H groups in total. The lowest BCUT2D eigenvalue weighted by Gasteiger charge is -2.25. The van der Waals surface area contributed by atoms with E-state index in [0.717, 1.165) is 28.7 Å². The Balaban J connectivity index is 1.33. The summed E-state index contributed by atoms with van der Waals surface area (Å²) < 4.78 is 7.71. The maximum absolute atomic E-state index is 13.4. The Labute approximate surface area is 178 Å². The fraction of sp³-hybridized carbons (Fsp3) is 0.160. The molecule has 0 fully saturated rings. The number of hydrogen-bond donors (Lipinski definition) is 0. The second-order valence-electron chi connectivity index (χ2n) is 7.89. The number of carbonyl (C=O) groups excluding carboxylic acids is 2. The molecule has 0 saturated carbocycles. The van der Waals surface area contributed by atoms with Crippen molar-refractivity contribution in [3.8, 4) is 0 Å². The van der Waals surface area contributed by atoms with Gasteiger partial charge in [0.05, 0.1) is 16.6 Å². The lowest BCUT2D eigenvalue weighted by Crippen LogP contribution is -2.30. The Hall–Kier alpha value is -3.93. The molecular weight excluding hydrogens is 390 g/mol. The zero-order chi connectivity index (χ0) is 20.9. The monoisotopic (exact) mass is 409 g/mol. The van der Waals surface area contributed by atoms with Crippen LogP contribution in [0.1, 0.15) is 37.9 Å². The van der Waals surface area contributed by atoms with Gasteiger partial charge >= 0.3 is 5.97 Å². The van der Waals surface area contributed by atoms with Crippen molar-refractivity contribution in [2.45, 2.75) is 19.1 Å². The maximum Gasteiger partial charge on any atom is 0.339 e. The van der Waals surface area contributed by atoms with Crippen molar-refractivity contribution in [1.82, 2.24) is 9.55 Å². The molecule has 4 aromatic rings. The fourth-order valence-corrected chi connectivity index (χ4v) is 4.52. The van der Waals surface area contributed by atoms with E-state index in [0.29, 0.717) is 30.0 Å². The van der Waals surface area contributed by atoms with E-state index in [9.17, 15) is 9.59 Å². The summed E-state index contributed by atoms with van der Waals surface area (Å²) in [6, 6.07) is 22.8. The van der Waals surface area contributed by atoms with E-state index in [-0.39, 0.29) is 18.0 Å². The largest absolute Gasteiger partial charge is 0.454 e. The zero-order valence-electron chi connectivity index (χ0n) is 16.7. The van der Waals surface area contributed by atoms with E-state index in [2.05, 4.69) is 9.55 Å². The molecule has 0 saturated heterocycles. The molecule has 0 spiro atoms. The molecule has 2 aliphatic rings. The summed E-state index contributed by atoms with van der Waals surface area (Å²) in [6.07, 6.45) is 0.201. The van der Waals surface area contributed by atoms with Gasteiger partial charge in [-0.2, -0.15) is 0 Å². The molecule has 0 unspecified atom stereocenters. The van der Waals surface area contributed by atoms with Gasteiger partial charge in [-0.25, -0.2) is 9.78 Å². The van der Waals surface area contributed by atoms with Crippen LogP contribution >= 0.6 is 0 Å². The van der Waals surface area contributed by atoms with Gasteiger partial charge in [-0.15, -0.1) is 0 Å². The molecule has 3 heterocycles. The first-order chi connectivity index (χ1) is 15.2. The number of cyclic esters (lactones) is 1. The van der Waals surface area contributed by atoms with Crippen molar-refractivity contribution in [2.24, 2.45) is 0 Å². The van der Waals surface area contributed by atoms with E-state index >= 15 is 0 Å². The van der Waals surface area contributed by atoms with Crippen molar-refractivity contribution >= 4 is 28.9 Å². The second-order valence-corrected chi connectivity index (χ2v) is 7.89. The minimum atomic E-state index is -0.350. The van der Waals surface area contributed by atoms with E-state index in [1.807, 2.05) is 60.7 Å². The number of esters is 1. The van der Waals surface area contributed by atoms with E-state index in [4.69, 9.17) is 4.74 Å². The van der Waals surface area contributed by atoms with Crippen molar-refractivity contribution in [3.05, 3.63) is 95.1 Å². The van der Waals surface area contributed by atoms with E-state index in [1.54, 1.807) is 17.0 Å². The molecule has 2 aliphatic heterocycles. The summed E-state index contributed by atoms with van der Waals surface area (Å²) in [4.78, 5) is 32.3. The Bertz CT molecular complexity index is 1340. The van der Waals surface area contributed by atoms with Crippen LogP contribution in [0.3, 0.4) is 0 Å². The van der Waals surface area contributed by atoms with Gasteiger partial charge in [0, 0.05) is 25.1 Å². The molecule has 31 heavy (non-hydrogen) atoms. The molecule has 6 heteroatoms. The summed E-state index contributed by atoms with van der Waals surface area (Å²) >= 11 is 0. The van der Waals surface area contributed by atoms with Crippen LogP contribution in [-0.2, 0) is 17.7 Å². The predicted molar refractivity (Wildman–Crippen MR) is 116 cm³/mol. The zero-order valence-corrected chi connectivity index (χ0v) is 16.7. The Kier molecular flexibility index (Phi) is 3.93. The van der Waals surface area contributed by atoms with Crippen LogP contribution in [0, 0.1) is 0 Å². The Morgan fingerprint density at radius 1 is 0.968 bits per heavy atom. The Morgan fingerprint density at radius 2 is 1.77 bits per heavy atom. The van der Waals surface area contributed by atoms with Crippen LogP contribution < -0.4 is 4.90 Å². The van der Waals surface area contributed by atoms with Crippen molar-refractivity contribution in [3.63, 3.8) is 0 Å². The quantitative estimate of drug-likeness (QED) is 0.467. The highest BCUT2D eigenvalue weighted by Crippen LogP contribution is 2.32. The summed E-state index contributed by atoms with van der Waals surface area (Å²) in [7, 11) is 0. The number of benzene rings is 3. The number of nitrogens with zero attached hydrogens (tertiary/aromatic N) is 3. The van der Waals surface area contributed by atoms with Crippen LogP contribution in [0.15, 0.2) is 72.8 Å². The molecule has 1 aromatic heterocycles. The highest BCUT2D eigenvalue weighted by molar-refractivity contribution is 6.07. The molecule has 3 aromatic carbocycles. The van der Waals surface area contributed by atoms with E-state index < -0.39 is 0 Å². The van der Waals surface area contributed by atoms with Gasteiger partial charge in [-0.3, -0.25) is 9.69 Å². The average molecular weight is 409 g/mol. The number of para-hydroxylation sites is 2. The van der Waals surface area contributed by atoms with Gasteiger partial charge in [-0.05, 0) is 41.5 Å². The van der Waals surface area contributed by atoms with E-state index in [1.165, 1.54) is 0 Å². The van der Waals surface area contributed by atoms with Crippen LogP contribution in [0.25, 0.3) is 11.0 Å². The Morgan fingerprint density at radius 3 is 2.65 bits per heavy atom. The molecular formula is C25H19N3O3. The van der Waals surface area contributed by atoms with Gasteiger partial charge in [0.2, 0.25) is 5.95 Å².